The smallest absolute Gasteiger partial charge is 0.326 e. The molecule has 21 heavy (non-hydrogen) atoms. The number of rotatable bonds is 4. The summed E-state index contributed by atoms with van der Waals surface area (Å²) in [7, 11) is 0. The van der Waals surface area contributed by atoms with Gasteiger partial charge in [-0.2, -0.15) is 0 Å². The number of hydrogen-bond acceptors (Lipinski definition) is 3. The van der Waals surface area contributed by atoms with Crippen LogP contribution in [-0.2, 0) is 4.79 Å². The van der Waals surface area contributed by atoms with Crippen LogP contribution in [0.3, 0.4) is 0 Å². The second kappa shape index (κ2) is 6.51. The van der Waals surface area contributed by atoms with Gasteiger partial charge in [0.15, 0.2) is 0 Å². The third-order valence-corrected chi connectivity index (χ3v) is 2.89. The number of nitrogens with one attached hydrogen (secondary N) is 1. The lowest BCUT2D eigenvalue weighted by atomic mass is 10.2. The number of carboxylic acids is 1. The number of carbonyl (C=O) groups is 2. The Hall–Kier alpha value is -2.89. The maximum Gasteiger partial charge on any atom is 0.326 e. The minimum atomic E-state index is -1.09. The molecule has 0 saturated carbocycles. The molecule has 0 aliphatic carbocycles. The van der Waals surface area contributed by atoms with E-state index in [0.717, 1.165) is 10.5 Å². The van der Waals surface area contributed by atoms with Crippen molar-refractivity contribution >= 4 is 23.4 Å². The van der Waals surface area contributed by atoms with Crippen LogP contribution in [0.25, 0.3) is 0 Å². The van der Waals surface area contributed by atoms with E-state index in [4.69, 9.17) is 5.11 Å². The van der Waals surface area contributed by atoms with Crippen molar-refractivity contribution in [2.75, 3.05) is 16.8 Å². The van der Waals surface area contributed by atoms with Crippen molar-refractivity contribution in [1.29, 1.82) is 0 Å². The predicted octanol–water partition coefficient (Wildman–Crippen LogP) is 2.51. The van der Waals surface area contributed by atoms with Crippen LogP contribution in [0.15, 0.2) is 48.8 Å². The van der Waals surface area contributed by atoms with Crippen LogP contribution in [-0.4, -0.2) is 28.6 Å². The van der Waals surface area contributed by atoms with Gasteiger partial charge in [0, 0.05) is 11.9 Å². The molecule has 0 spiro atoms. The van der Waals surface area contributed by atoms with Gasteiger partial charge in [0.1, 0.15) is 6.54 Å². The number of anilines is 2. The Kier molecular flexibility index (Phi) is 4.50. The molecule has 6 nitrogen and oxygen atoms in total. The molecule has 0 aliphatic heterocycles. The molecule has 0 saturated heterocycles. The normalized spacial score (nSPS) is 9.95. The second-order valence-corrected chi connectivity index (χ2v) is 4.44. The fourth-order valence-corrected chi connectivity index (χ4v) is 1.80. The van der Waals surface area contributed by atoms with E-state index < -0.39 is 18.5 Å². The van der Waals surface area contributed by atoms with Crippen LogP contribution in [0.5, 0.6) is 0 Å². The van der Waals surface area contributed by atoms with E-state index in [1.807, 2.05) is 6.92 Å². The lowest BCUT2D eigenvalue weighted by Gasteiger charge is -2.21. The Morgan fingerprint density at radius 3 is 2.57 bits per heavy atom. The number of benzene rings is 1. The van der Waals surface area contributed by atoms with Gasteiger partial charge >= 0.3 is 12.0 Å². The van der Waals surface area contributed by atoms with Crippen molar-refractivity contribution in [2.24, 2.45) is 0 Å². The van der Waals surface area contributed by atoms with Crippen molar-refractivity contribution in [3.8, 4) is 0 Å². The summed E-state index contributed by atoms with van der Waals surface area (Å²) in [4.78, 5) is 28.4. The average Bonchev–Trinajstić information content (AvgIpc) is 2.48. The largest absolute Gasteiger partial charge is 0.480 e. The number of para-hydroxylation sites is 1. The molecule has 0 atom stereocenters. The SMILES string of the molecule is Cc1ccncc1NC(=O)N(CC(=O)O)c1ccccc1. The quantitative estimate of drug-likeness (QED) is 0.904. The first kappa shape index (κ1) is 14.5. The summed E-state index contributed by atoms with van der Waals surface area (Å²) < 4.78 is 0. The van der Waals surface area contributed by atoms with E-state index in [9.17, 15) is 9.59 Å². The number of carbonyl (C=O) groups excluding carboxylic acids is 1. The highest BCUT2D eigenvalue weighted by atomic mass is 16.4. The molecular formula is C15H15N3O3. The Morgan fingerprint density at radius 2 is 1.95 bits per heavy atom. The molecule has 2 N–H and O–H groups in total. The molecule has 0 bridgehead atoms. The number of aliphatic carboxylic acids is 1. The lowest BCUT2D eigenvalue weighted by Crippen LogP contribution is -2.39. The van der Waals surface area contributed by atoms with E-state index in [-0.39, 0.29) is 0 Å². The van der Waals surface area contributed by atoms with Gasteiger partial charge < -0.3 is 10.4 Å². The highest BCUT2D eigenvalue weighted by Gasteiger charge is 2.19. The molecule has 0 radical (unpaired) electrons. The summed E-state index contributed by atoms with van der Waals surface area (Å²) in [6.07, 6.45) is 3.15. The first-order valence-corrected chi connectivity index (χ1v) is 6.34. The van der Waals surface area contributed by atoms with Crippen molar-refractivity contribution in [2.45, 2.75) is 6.92 Å². The summed E-state index contributed by atoms with van der Waals surface area (Å²) in [6.45, 7) is 1.41. The summed E-state index contributed by atoms with van der Waals surface area (Å²) >= 11 is 0. The van der Waals surface area contributed by atoms with E-state index in [1.54, 1.807) is 42.6 Å². The van der Waals surface area contributed by atoms with Gasteiger partial charge in [0.25, 0.3) is 0 Å². The zero-order chi connectivity index (χ0) is 15.2. The van der Waals surface area contributed by atoms with Crippen LogP contribution in [0.2, 0.25) is 0 Å². The minimum Gasteiger partial charge on any atom is -0.480 e. The first-order chi connectivity index (χ1) is 10.1. The number of aromatic nitrogens is 1. The third kappa shape index (κ3) is 3.79. The van der Waals surface area contributed by atoms with E-state index in [1.165, 1.54) is 6.20 Å². The van der Waals surface area contributed by atoms with Gasteiger partial charge in [-0.05, 0) is 30.7 Å². The fourth-order valence-electron chi connectivity index (χ4n) is 1.80. The fraction of sp³-hybridized carbons (Fsp3) is 0.133. The summed E-state index contributed by atoms with van der Waals surface area (Å²) in [5.74, 6) is -1.09. The van der Waals surface area contributed by atoms with Crippen LogP contribution in [0.4, 0.5) is 16.2 Å². The number of urea groups is 1. The minimum absolute atomic E-state index is 0.421. The second-order valence-electron chi connectivity index (χ2n) is 4.44. The molecule has 0 fully saturated rings. The molecule has 2 amide bonds. The van der Waals surface area contributed by atoms with E-state index in [2.05, 4.69) is 10.3 Å². The van der Waals surface area contributed by atoms with E-state index >= 15 is 0 Å². The van der Waals surface area contributed by atoms with Crippen LogP contribution >= 0.6 is 0 Å². The van der Waals surface area contributed by atoms with Crippen molar-refractivity contribution in [1.82, 2.24) is 4.98 Å². The Morgan fingerprint density at radius 1 is 1.24 bits per heavy atom. The Labute approximate surface area is 122 Å². The van der Waals surface area contributed by atoms with Crippen LogP contribution in [0.1, 0.15) is 5.56 Å². The van der Waals surface area contributed by atoms with Crippen molar-refractivity contribution in [3.63, 3.8) is 0 Å². The number of carboxylic acid groups (broad SMARTS) is 1. The zero-order valence-corrected chi connectivity index (χ0v) is 11.5. The molecule has 0 aliphatic rings. The number of amides is 2. The molecular weight excluding hydrogens is 270 g/mol. The number of hydrogen-bond donors (Lipinski definition) is 2. The summed E-state index contributed by atoms with van der Waals surface area (Å²) in [6, 6.07) is 9.89. The maximum atomic E-state index is 12.3. The van der Waals surface area contributed by atoms with Gasteiger partial charge in [-0.3, -0.25) is 14.7 Å². The summed E-state index contributed by atoms with van der Waals surface area (Å²) in [5.41, 5.74) is 1.91. The lowest BCUT2D eigenvalue weighted by molar-refractivity contribution is -0.135. The molecule has 2 rings (SSSR count). The van der Waals surface area contributed by atoms with Gasteiger partial charge in [-0.1, -0.05) is 18.2 Å². The maximum absolute atomic E-state index is 12.3. The molecule has 1 aromatic carbocycles. The molecule has 0 unspecified atom stereocenters. The Balaban J connectivity index is 2.23. The van der Waals surface area contributed by atoms with Crippen molar-refractivity contribution < 1.29 is 14.7 Å². The Bertz CT molecular complexity index is 644. The van der Waals surface area contributed by atoms with E-state index in [0.29, 0.717) is 11.4 Å². The standard InChI is InChI=1S/C15H15N3O3/c1-11-7-8-16-9-13(11)17-15(21)18(10-14(19)20)12-5-3-2-4-6-12/h2-9H,10H2,1H3,(H,17,21)(H,19,20). The molecule has 1 aromatic heterocycles. The number of pyridine rings is 1. The summed E-state index contributed by atoms with van der Waals surface area (Å²) in [5, 5.41) is 11.7. The molecule has 2 aromatic rings. The number of nitrogens with zero attached hydrogens (tertiary/aromatic N) is 2. The van der Waals surface area contributed by atoms with Gasteiger partial charge in [-0.15, -0.1) is 0 Å². The number of aryl methyl sites for hydroxylation is 1. The van der Waals surface area contributed by atoms with Gasteiger partial charge in [0.05, 0.1) is 11.9 Å². The molecule has 108 valence electrons. The average molecular weight is 285 g/mol. The predicted molar refractivity (Wildman–Crippen MR) is 79.4 cm³/mol. The van der Waals surface area contributed by atoms with Crippen LogP contribution in [0, 0.1) is 6.92 Å². The van der Waals surface area contributed by atoms with Crippen LogP contribution < -0.4 is 10.2 Å². The topological polar surface area (TPSA) is 82.5 Å². The monoisotopic (exact) mass is 285 g/mol. The highest BCUT2D eigenvalue weighted by molar-refractivity contribution is 6.04. The first-order valence-electron chi connectivity index (χ1n) is 6.34. The molecule has 6 heteroatoms. The molecule has 1 heterocycles. The van der Waals surface area contributed by atoms with Gasteiger partial charge in [-0.25, -0.2) is 4.79 Å². The van der Waals surface area contributed by atoms with Gasteiger partial charge in [0.2, 0.25) is 0 Å². The zero-order valence-electron chi connectivity index (χ0n) is 11.5. The van der Waals surface area contributed by atoms with Crippen molar-refractivity contribution in [3.05, 3.63) is 54.4 Å². The highest BCUT2D eigenvalue weighted by Crippen LogP contribution is 2.17. The third-order valence-electron chi connectivity index (χ3n) is 2.89.